The third kappa shape index (κ3) is 4.26. The van der Waals surface area contributed by atoms with Crippen LogP contribution < -0.4 is 9.64 Å². The molecule has 1 aliphatic rings. The molecule has 1 aliphatic heterocycles. The SMILES string of the molecule is Cc1cnn(C)c1C(=O)N(CC1CCCO1)c1nc2ccc(OC(F)(F)F)cc2s1. The minimum atomic E-state index is -4.78. The van der Waals surface area contributed by atoms with Crippen LogP contribution in [0.5, 0.6) is 5.75 Å². The standard InChI is InChI=1S/C19H19F3N4O3S/c1-11-9-23-25(2)16(11)17(27)26(10-13-4-3-7-28-13)18-24-14-6-5-12(8-15(14)30-18)29-19(20,21)22/h5-6,8-9,13H,3-4,7,10H2,1-2H3. The number of hydrogen-bond donors (Lipinski definition) is 0. The molecule has 3 heterocycles. The van der Waals surface area contributed by atoms with Crippen molar-refractivity contribution in [2.45, 2.75) is 32.2 Å². The smallest absolute Gasteiger partial charge is 0.406 e. The van der Waals surface area contributed by atoms with E-state index in [1.54, 1.807) is 20.2 Å². The number of alkyl halides is 3. The van der Waals surface area contributed by atoms with Crippen LogP contribution in [0.1, 0.15) is 28.9 Å². The number of nitrogens with zero attached hydrogens (tertiary/aromatic N) is 4. The zero-order chi connectivity index (χ0) is 21.5. The number of anilines is 1. The van der Waals surface area contributed by atoms with Gasteiger partial charge in [0, 0.05) is 19.7 Å². The number of aromatic nitrogens is 3. The predicted octanol–water partition coefficient (Wildman–Crippen LogP) is 4.06. The van der Waals surface area contributed by atoms with Gasteiger partial charge in [-0.15, -0.1) is 13.2 Å². The fourth-order valence-corrected chi connectivity index (χ4v) is 4.43. The summed E-state index contributed by atoms with van der Waals surface area (Å²) in [5.41, 5.74) is 1.63. The van der Waals surface area contributed by atoms with Crippen molar-refractivity contribution < 1.29 is 27.4 Å². The second kappa shape index (κ2) is 7.88. The molecule has 4 rings (SSSR count). The maximum atomic E-state index is 13.4. The number of aryl methyl sites for hydroxylation is 2. The van der Waals surface area contributed by atoms with Crippen LogP contribution in [0.15, 0.2) is 24.4 Å². The molecule has 1 saturated heterocycles. The molecular formula is C19H19F3N4O3S. The number of hydrogen-bond acceptors (Lipinski definition) is 6. The Balaban J connectivity index is 1.70. The summed E-state index contributed by atoms with van der Waals surface area (Å²) in [6, 6.07) is 3.92. The van der Waals surface area contributed by atoms with Crippen LogP contribution in [-0.2, 0) is 11.8 Å². The second-order valence-electron chi connectivity index (χ2n) is 7.02. The highest BCUT2D eigenvalue weighted by Crippen LogP contribution is 2.34. The molecule has 0 N–H and O–H groups in total. The normalized spacial score (nSPS) is 16.9. The van der Waals surface area contributed by atoms with E-state index in [0.29, 0.717) is 34.2 Å². The van der Waals surface area contributed by atoms with Gasteiger partial charge in [0.2, 0.25) is 0 Å². The number of thiazole rings is 1. The van der Waals surface area contributed by atoms with Crippen LogP contribution in [0.3, 0.4) is 0 Å². The molecule has 11 heteroatoms. The molecule has 30 heavy (non-hydrogen) atoms. The van der Waals surface area contributed by atoms with Crippen molar-refractivity contribution in [1.82, 2.24) is 14.8 Å². The molecule has 1 fully saturated rings. The van der Waals surface area contributed by atoms with Gasteiger partial charge in [-0.1, -0.05) is 11.3 Å². The summed E-state index contributed by atoms with van der Waals surface area (Å²) < 4.78 is 49.3. The van der Waals surface area contributed by atoms with Gasteiger partial charge in [0.05, 0.1) is 29.1 Å². The summed E-state index contributed by atoms with van der Waals surface area (Å²) in [7, 11) is 1.68. The van der Waals surface area contributed by atoms with E-state index in [0.717, 1.165) is 29.7 Å². The van der Waals surface area contributed by atoms with Crippen molar-refractivity contribution in [3.63, 3.8) is 0 Å². The van der Waals surface area contributed by atoms with E-state index >= 15 is 0 Å². The first-order valence-corrected chi connectivity index (χ1v) is 10.1. The first-order chi connectivity index (χ1) is 14.2. The van der Waals surface area contributed by atoms with Gasteiger partial charge >= 0.3 is 6.36 Å². The largest absolute Gasteiger partial charge is 0.573 e. The Morgan fingerprint density at radius 3 is 2.87 bits per heavy atom. The van der Waals surface area contributed by atoms with Crippen molar-refractivity contribution in [2.24, 2.45) is 7.05 Å². The van der Waals surface area contributed by atoms with Crippen molar-refractivity contribution in [3.8, 4) is 5.75 Å². The molecule has 160 valence electrons. The lowest BCUT2D eigenvalue weighted by atomic mass is 10.2. The van der Waals surface area contributed by atoms with Crippen LogP contribution in [0.2, 0.25) is 0 Å². The van der Waals surface area contributed by atoms with Gasteiger partial charge < -0.3 is 9.47 Å². The molecule has 0 bridgehead atoms. The molecule has 2 aromatic heterocycles. The monoisotopic (exact) mass is 440 g/mol. The lowest BCUT2D eigenvalue weighted by Gasteiger charge is -2.23. The minimum absolute atomic E-state index is 0.126. The number of ether oxygens (including phenoxy) is 2. The van der Waals surface area contributed by atoms with Gasteiger partial charge in [-0.3, -0.25) is 14.4 Å². The molecule has 0 aliphatic carbocycles. The van der Waals surface area contributed by atoms with Crippen LogP contribution in [0, 0.1) is 6.92 Å². The van der Waals surface area contributed by atoms with Gasteiger partial charge in [-0.05, 0) is 37.5 Å². The van der Waals surface area contributed by atoms with Crippen molar-refractivity contribution in [3.05, 3.63) is 35.7 Å². The quantitative estimate of drug-likeness (QED) is 0.599. The lowest BCUT2D eigenvalue weighted by molar-refractivity contribution is -0.274. The maximum Gasteiger partial charge on any atom is 0.573 e. The van der Waals surface area contributed by atoms with Gasteiger partial charge in [-0.25, -0.2) is 4.98 Å². The van der Waals surface area contributed by atoms with Crippen molar-refractivity contribution in [2.75, 3.05) is 18.1 Å². The Kier molecular flexibility index (Phi) is 5.41. The van der Waals surface area contributed by atoms with E-state index in [1.807, 2.05) is 0 Å². The Morgan fingerprint density at radius 2 is 2.23 bits per heavy atom. The Labute approximate surface area is 174 Å². The number of rotatable bonds is 5. The summed E-state index contributed by atoms with van der Waals surface area (Å²) in [6.07, 6.45) is -1.56. The fraction of sp³-hybridized carbons (Fsp3) is 0.421. The van der Waals surface area contributed by atoms with Crippen molar-refractivity contribution >= 4 is 32.6 Å². The molecule has 1 aromatic carbocycles. The first-order valence-electron chi connectivity index (χ1n) is 9.29. The Hall–Kier alpha value is -2.66. The van der Waals surface area contributed by atoms with Crippen LogP contribution in [0.4, 0.5) is 18.3 Å². The lowest BCUT2D eigenvalue weighted by Crippen LogP contribution is -2.38. The van der Waals surface area contributed by atoms with Gasteiger partial charge in [-0.2, -0.15) is 5.10 Å². The third-order valence-corrected chi connectivity index (χ3v) is 5.83. The highest BCUT2D eigenvalue weighted by molar-refractivity contribution is 7.22. The number of amides is 1. The van der Waals surface area contributed by atoms with E-state index < -0.39 is 6.36 Å². The molecule has 1 unspecified atom stereocenters. The average Bonchev–Trinajstić information content (AvgIpc) is 3.38. The first kappa shape index (κ1) is 20.6. The molecule has 1 atom stereocenters. The molecule has 7 nitrogen and oxygen atoms in total. The summed E-state index contributed by atoms with van der Waals surface area (Å²) in [6.45, 7) is 2.73. The zero-order valence-corrected chi connectivity index (χ0v) is 17.1. The number of carbonyl (C=O) groups is 1. The number of halogens is 3. The van der Waals surface area contributed by atoms with E-state index in [9.17, 15) is 18.0 Å². The highest BCUT2D eigenvalue weighted by atomic mass is 32.1. The maximum absolute atomic E-state index is 13.4. The molecule has 1 amide bonds. The van der Waals surface area contributed by atoms with E-state index in [4.69, 9.17) is 4.74 Å². The molecule has 0 radical (unpaired) electrons. The van der Waals surface area contributed by atoms with Gasteiger partial charge in [0.15, 0.2) is 5.13 Å². The average molecular weight is 440 g/mol. The Morgan fingerprint density at radius 1 is 1.43 bits per heavy atom. The molecular weight excluding hydrogens is 421 g/mol. The summed E-state index contributed by atoms with van der Waals surface area (Å²) in [5, 5.41) is 4.52. The highest BCUT2D eigenvalue weighted by Gasteiger charge is 2.32. The minimum Gasteiger partial charge on any atom is -0.406 e. The molecule has 0 saturated carbocycles. The summed E-state index contributed by atoms with van der Waals surface area (Å²) in [5.74, 6) is -0.612. The van der Waals surface area contributed by atoms with E-state index in [1.165, 1.54) is 27.8 Å². The molecule has 3 aromatic rings. The number of fused-ring (bicyclic) bond motifs is 1. The van der Waals surface area contributed by atoms with Gasteiger partial charge in [0.25, 0.3) is 5.91 Å². The predicted molar refractivity (Wildman–Crippen MR) is 105 cm³/mol. The van der Waals surface area contributed by atoms with Crippen LogP contribution in [-0.4, -0.2) is 46.3 Å². The van der Waals surface area contributed by atoms with E-state index in [-0.39, 0.29) is 17.8 Å². The molecule has 0 spiro atoms. The van der Waals surface area contributed by atoms with E-state index in [2.05, 4.69) is 14.8 Å². The Bertz CT molecular complexity index is 1050. The summed E-state index contributed by atoms with van der Waals surface area (Å²) >= 11 is 1.13. The topological polar surface area (TPSA) is 69.5 Å². The number of benzene rings is 1. The number of carbonyl (C=O) groups excluding carboxylic acids is 1. The van der Waals surface area contributed by atoms with Gasteiger partial charge in [0.1, 0.15) is 11.4 Å². The fourth-order valence-electron chi connectivity index (χ4n) is 3.43. The second-order valence-corrected chi connectivity index (χ2v) is 8.03. The zero-order valence-electron chi connectivity index (χ0n) is 16.3. The summed E-state index contributed by atoms with van der Waals surface area (Å²) in [4.78, 5) is 19.4. The third-order valence-electron chi connectivity index (χ3n) is 4.79. The van der Waals surface area contributed by atoms with Crippen LogP contribution in [0.25, 0.3) is 10.2 Å². The van der Waals surface area contributed by atoms with Crippen molar-refractivity contribution in [1.29, 1.82) is 0 Å². The van der Waals surface area contributed by atoms with Crippen LogP contribution >= 0.6 is 11.3 Å².